The Hall–Kier alpha value is 0.440. The van der Waals surface area contributed by atoms with Crippen LogP contribution in [0, 0.1) is 0 Å². The molecule has 6 heteroatoms. The van der Waals surface area contributed by atoms with Crippen LogP contribution in [0.3, 0.4) is 0 Å². The molecule has 2 aliphatic rings. The number of rotatable bonds is 10. The van der Waals surface area contributed by atoms with Gasteiger partial charge in [-0.1, -0.05) is 123 Å². The van der Waals surface area contributed by atoms with Gasteiger partial charge in [0, 0.05) is 21.8 Å². The van der Waals surface area contributed by atoms with Crippen molar-refractivity contribution < 1.29 is 0 Å². The van der Waals surface area contributed by atoms with E-state index in [-0.39, 0.29) is 0 Å². The average molecular weight is 553 g/mol. The second-order valence-electron chi connectivity index (χ2n) is 9.47. The standard InChI is InChI=1S/C27H38P2S4/c30-28(24-14-5-1-6-15-24,25-16-7-2-8-17-25)32-22-13-23-33-29(31,26-18-9-3-10-19-26)27-20-11-4-12-21-27/h1,3,5-6,9-10,14-15,18-19,25,27H,2,4,7-8,11-13,16-17,20-23H2. The van der Waals surface area contributed by atoms with Crippen molar-refractivity contribution in [1.29, 1.82) is 0 Å². The van der Waals surface area contributed by atoms with Crippen molar-refractivity contribution in [3.63, 3.8) is 0 Å². The molecule has 0 radical (unpaired) electrons. The van der Waals surface area contributed by atoms with Gasteiger partial charge < -0.3 is 0 Å². The maximum atomic E-state index is 6.54. The number of hydrogen-bond donors (Lipinski definition) is 0. The fourth-order valence-electron chi connectivity index (χ4n) is 5.35. The molecule has 2 unspecified atom stereocenters. The minimum atomic E-state index is -1.59. The Balaban J connectivity index is 1.39. The molecule has 2 aromatic carbocycles. The first-order chi connectivity index (χ1) is 16.1. The van der Waals surface area contributed by atoms with Crippen molar-refractivity contribution in [3.05, 3.63) is 60.7 Å². The van der Waals surface area contributed by atoms with Crippen LogP contribution in [-0.4, -0.2) is 22.8 Å². The summed E-state index contributed by atoms with van der Waals surface area (Å²) in [6.45, 7) is 0. The summed E-state index contributed by atoms with van der Waals surface area (Å²) in [4.78, 5) is 0. The van der Waals surface area contributed by atoms with Crippen LogP contribution in [0.4, 0.5) is 0 Å². The minimum absolute atomic E-state index is 0.735. The fraction of sp³-hybridized carbons (Fsp3) is 0.556. The molecule has 0 bridgehead atoms. The lowest BCUT2D eigenvalue weighted by Gasteiger charge is -2.35. The zero-order chi connectivity index (χ0) is 23.0. The van der Waals surface area contributed by atoms with Gasteiger partial charge in [0.1, 0.15) is 0 Å². The van der Waals surface area contributed by atoms with Gasteiger partial charge in [-0.3, -0.25) is 0 Å². The molecule has 2 fully saturated rings. The summed E-state index contributed by atoms with van der Waals surface area (Å²) in [6.07, 6.45) is 14.8. The highest BCUT2D eigenvalue weighted by Crippen LogP contribution is 2.67. The van der Waals surface area contributed by atoms with Gasteiger partial charge in [-0.05, 0) is 54.2 Å². The van der Waals surface area contributed by atoms with Gasteiger partial charge in [-0.2, -0.15) is 0 Å². The van der Waals surface area contributed by atoms with Gasteiger partial charge in [-0.15, -0.1) is 22.8 Å². The quantitative estimate of drug-likeness (QED) is 0.213. The zero-order valence-corrected chi connectivity index (χ0v) is 24.7. The van der Waals surface area contributed by atoms with Gasteiger partial charge in [0.15, 0.2) is 0 Å². The Morgan fingerprint density at radius 1 is 0.576 bits per heavy atom. The summed E-state index contributed by atoms with van der Waals surface area (Å²) in [6, 6.07) is 22.3. The van der Waals surface area contributed by atoms with E-state index in [2.05, 4.69) is 83.4 Å². The number of hydrogen-bond acceptors (Lipinski definition) is 4. The number of benzene rings is 2. The predicted octanol–water partition coefficient (Wildman–Crippen LogP) is 8.95. The van der Waals surface area contributed by atoms with Gasteiger partial charge in [-0.25, -0.2) is 0 Å². The van der Waals surface area contributed by atoms with Crippen molar-refractivity contribution in [1.82, 2.24) is 0 Å². The summed E-state index contributed by atoms with van der Waals surface area (Å²) in [7, 11) is 0. The van der Waals surface area contributed by atoms with Crippen LogP contribution in [0.2, 0.25) is 0 Å². The van der Waals surface area contributed by atoms with Gasteiger partial charge in [0.25, 0.3) is 0 Å². The van der Waals surface area contributed by atoms with Crippen molar-refractivity contribution in [3.8, 4) is 0 Å². The molecule has 0 spiro atoms. The van der Waals surface area contributed by atoms with Crippen LogP contribution in [0.15, 0.2) is 60.7 Å². The van der Waals surface area contributed by atoms with Crippen LogP contribution >= 0.6 is 33.2 Å². The molecule has 0 nitrogen and oxygen atoms in total. The van der Waals surface area contributed by atoms with Crippen molar-refractivity contribution in [2.45, 2.75) is 81.9 Å². The lowest BCUT2D eigenvalue weighted by Crippen LogP contribution is -2.19. The van der Waals surface area contributed by atoms with E-state index in [0.29, 0.717) is 0 Å². The van der Waals surface area contributed by atoms with Crippen LogP contribution in [-0.2, 0) is 23.6 Å². The first-order valence-electron chi connectivity index (χ1n) is 12.7. The molecule has 0 heterocycles. The highest BCUT2D eigenvalue weighted by Gasteiger charge is 2.33. The van der Waals surface area contributed by atoms with E-state index in [1.807, 2.05) is 0 Å². The Morgan fingerprint density at radius 2 is 0.939 bits per heavy atom. The molecule has 0 aliphatic heterocycles. The largest absolute Gasteiger partial charge is 0.119 e. The van der Waals surface area contributed by atoms with E-state index in [1.54, 1.807) is 0 Å². The topological polar surface area (TPSA) is 0 Å². The Labute approximate surface area is 220 Å². The van der Waals surface area contributed by atoms with Crippen LogP contribution in [0.25, 0.3) is 0 Å². The molecule has 0 aromatic heterocycles. The van der Waals surface area contributed by atoms with Gasteiger partial charge in [0.2, 0.25) is 0 Å². The van der Waals surface area contributed by atoms with E-state index in [4.69, 9.17) is 23.6 Å². The normalized spacial score (nSPS) is 21.8. The molecular weight excluding hydrogens is 515 g/mol. The lowest BCUT2D eigenvalue weighted by molar-refractivity contribution is 0.513. The molecule has 4 rings (SSSR count). The molecule has 33 heavy (non-hydrogen) atoms. The smallest absolute Gasteiger partial charge is 0.0367 e. The van der Waals surface area contributed by atoms with Crippen molar-refractivity contribution in [2.75, 3.05) is 11.5 Å². The van der Waals surface area contributed by atoms with E-state index in [1.165, 1.54) is 92.7 Å². The van der Waals surface area contributed by atoms with Gasteiger partial charge >= 0.3 is 0 Å². The summed E-state index contributed by atoms with van der Waals surface area (Å²) in [5, 5.41) is -0.258. The highest BCUT2D eigenvalue weighted by molar-refractivity contribution is 8.74. The van der Waals surface area contributed by atoms with E-state index in [9.17, 15) is 0 Å². The van der Waals surface area contributed by atoms with Crippen molar-refractivity contribution >= 4 is 67.5 Å². The molecular formula is C27H38P2S4. The first-order valence-corrected chi connectivity index (χ1v) is 21.6. The lowest BCUT2D eigenvalue weighted by atomic mass is 10.0. The average Bonchev–Trinajstić information content (AvgIpc) is 2.90. The maximum absolute atomic E-state index is 6.54. The monoisotopic (exact) mass is 552 g/mol. The molecule has 2 aliphatic carbocycles. The van der Waals surface area contributed by atoms with Crippen LogP contribution in [0.1, 0.15) is 70.6 Å². The van der Waals surface area contributed by atoms with E-state index in [0.717, 1.165) is 11.3 Å². The maximum Gasteiger partial charge on any atom is 0.0367 e. The molecule has 180 valence electrons. The molecule has 2 atom stereocenters. The first kappa shape index (κ1) is 26.5. The molecule has 0 amide bonds. The van der Waals surface area contributed by atoms with E-state index < -0.39 is 10.5 Å². The van der Waals surface area contributed by atoms with Gasteiger partial charge in [0.05, 0.1) is 0 Å². The molecule has 0 N–H and O–H groups in total. The summed E-state index contributed by atoms with van der Waals surface area (Å²) < 4.78 is 0. The minimum Gasteiger partial charge on any atom is -0.119 e. The Kier molecular flexibility index (Phi) is 10.5. The fourth-order valence-corrected chi connectivity index (χ4v) is 21.3. The van der Waals surface area contributed by atoms with Crippen LogP contribution in [0.5, 0.6) is 0 Å². The second kappa shape index (κ2) is 13.1. The zero-order valence-electron chi connectivity index (χ0n) is 19.6. The molecule has 0 saturated heterocycles. The third kappa shape index (κ3) is 6.81. The Morgan fingerprint density at radius 3 is 1.30 bits per heavy atom. The molecule has 2 aromatic rings. The van der Waals surface area contributed by atoms with Crippen LogP contribution < -0.4 is 10.6 Å². The van der Waals surface area contributed by atoms with Crippen molar-refractivity contribution in [2.24, 2.45) is 0 Å². The molecule has 2 saturated carbocycles. The summed E-state index contributed by atoms with van der Waals surface area (Å²) in [5.41, 5.74) is 1.47. The SMILES string of the molecule is S=P(SCCCSP(=S)(c1ccccc1)C1CCCCC1)(c1ccccc1)C1CCCCC1. The Bertz CT molecular complexity index is 858. The van der Waals surface area contributed by atoms with E-state index >= 15 is 0 Å². The summed E-state index contributed by atoms with van der Waals surface area (Å²) >= 11 is 17.4. The highest BCUT2D eigenvalue weighted by atomic mass is 32.9. The second-order valence-corrected chi connectivity index (χ2v) is 25.5. The summed E-state index contributed by atoms with van der Waals surface area (Å²) in [5.74, 6) is 2.37. The third-order valence-corrected chi connectivity index (χ3v) is 25.3. The third-order valence-electron chi connectivity index (χ3n) is 7.20. The predicted molar refractivity (Wildman–Crippen MR) is 164 cm³/mol.